The molecule has 1 aromatic heterocycles. The summed E-state index contributed by atoms with van der Waals surface area (Å²) in [5, 5.41) is 16.7. The number of aryl methyl sites for hydroxylation is 2. The average Bonchev–Trinajstić information content (AvgIpc) is 2.92. The van der Waals surface area contributed by atoms with E-state index in [0.29, 0.717) is 17.7 Å². The van der Waals surface area contributed by atoms with Gasteiger partial charge in [0.2, 0.25) is 0 Å². The number of carbonyl (C=O) groups is 1. The zero-order chi connectivity index (χ0) is 17.9. The average molecular weight is 341 g/mol. The van der Waals surface area contributed by atoms with Crippen LogP contribution >= 0.6 is 0 Å². The summed E-state index contributed by atoms with van der Waals surface area (Å²) < 4.78 is 39.6. The number of hydrogen-bond donors (Lipinski definition) is 2. The van der Waals surface area contributed by atoms with Crippen molar-refractivity contribution in [2.24, 2.45) is 7.05 Å². The first-order chi connectivity index (χ1) is 11.2. The van der Waals surface area contributed by atoms with Gasteiger partial charge in [-0.3, -0.25) is 9.48 Å². The maximum atomic E-state index is 12.7. The van der Waals surface area contributed by atoms with Gasteiger partial charge in [-0.2, -0.15) is 18.3 Å². The predicted octanol–water partition coefficient (Wildman–Crippen LogP) is 2.46. The van der Waals surface area contributed by atoms with Crippen molar-refractivity contribution in [2.45, 2.75) is 25.6 Å². The molecule has 0 aliphatic heterocycles. The van der Waals surface area contributed by atoms with Crippen LogP contribution in [0.25, 0.3) is 0 Å². The third-order valence-electron chi connectivity index (χ3n) is 3.54. The second-order valence-electron chi connectivity index (χ2n) is 5.37. The van der Waals surface area contributed by atoms with Gasteiger partial charge in [-0.15, -0.1) is 0 Å². The molecular weight excluding hydrogens is 323 g/mol. The van der Waals surface area contributed by atoms with Gasteiger partial charge in [0.1, 0.15) is 0 Å². The molecule has 2 N–H and O–H groups in total. The molecule has 0 radical (unpaired) electrons. The van der Waals surface area contributed by atoms with E-state index in [2.05, 4.69) is 10.4 Å². The number of benzene rings is 1. The zero-order valence-electron chi connectivity index (χ0n) is 13.3. The number of aromatic nitrogens is 2. The van der Waals surface area contributed by atoms with Crippen LogP contribution < -0.4 is 5.32 Å². The van der Waals surface area contributed by atoms with Crippen molar-refractivity contribution in [2.75, 3.05) is 6.54 Å². The van der Waals surface area contributed by atoms with Gasteiger partial charge in [0.25, 0.3) is 5.91 Å². The molecule has 1 amide bonds. The SMILES string of the molecule is CCc1nn(C)cc1C(=O)NCC(O)c1cccc(C(F)(F)F)c1. The van der Waals surface area contributed by atoms with E-state index in [4.69, 9.17) is 0 Å². The highest BCUT2D eigenvalue weighted by atomic mass is 19.4. The minimum atomic E-state index is -4.48. The first-order valence-corrected chi connectivity index (χ1v) is 7.38. The minimum absolute atomic E-state index is 0.0898. The summed E-state index contributed by atoms with van der Waals surface area (Å²) in [5.41, 5.74) is 0.248. The Balaban J connectivity index is 2.05. The first-order valence-electron chi connectivity index (χ1n) is 7.38. The van der Waals surface area contributed by atoms with Gasteiger partial charge in [0.05, 0.1) is 22.9 Å². The summed E-state index contributed by atoms with van der Waals surface area (Å²) in [4.78, 5) is 12.1. The van der Waals surface area contributed by atoms with E-state index in [1.165, 1.54) is 16.8 Å². The molecule has 0 aliphatic carbocycles. The summed E-state index contributed by atoms with van der Waals surface area (Å²) in [7, 11) is 1.69. The van der Waals surface area contributed by atoms with Crippen LogP contribution in [-0.4, -0.2) is 27.3 Å². The Labute approximate surface area is 137 Å². The highest BCUT2D eigenvalue weighted by Crippen LogP contribution is 2.30. The summed E-state index contributed by atoms with van der Waals surface area (Å²) >= 11 is 0. The van der Waals surface area contributed by atoms with Gasteiger partial charge < -0.3 is 10.4 Å². The topological polar surface area (TPSA) is 67.2 Å². The molecule has 0 saturated heterocycles. The Morgan fingerprint density at radius 3 is 2.75 bits per heavy atom. The van der Waals surface area contributed by atoms with Crippen LogP contribution in [0, 0.1) is 0 Å². The number of nitrogens with zero attached hydrogens (tertiary/aromatic N) is 2. The number of aliphatic hydroxyl groups is 1. The maximum absolute atomic E-state index is 12.7. The summed E-state index contributed by atoms with van der Waals surface area (Å²) in [6.45, 7) is 1.66. The molecule has 0 spiro atoms. The molecule has 130 valence electrons. The highest BCUT2D eigenvalue weighted by Gasteiger charge is 2.30. The summed E-state index contributed by atoms with van der Waals surface area (Å²) in [6.07, 6.45) is -3.59. The molecule has 0 fully saturated rings. The zero-order valence-corrected chi connectivity index (χ0v) is 13.3. The third kappa shape index (κ3) is 4.14. The van der Waals surface area contributed by atoms with Crippen molar-refractivity contribution in [3.8, 4) is 0 Å². The maximum Gasteiger partial charge on any atom is 0.416 e. The Morgan fingerprint density at radius 1 is 1.42 bits per heavy atom. The normalized spacial score (nSPS) is 12.9. The fourth-order valence-corrected chi connectivity index (χ4v) is 2.31. The van der Waals surface area contributed by atoms with Crippen LogP contribution in [-0.2, 0) is 19.6 Å². The van der Waals surface area contributed by atoms with E-state index >= 15 is 0 Å². The molecule has 24 heavy (non-hydrogen) atoms. The van der Waals surface area contributed by atoms with Crippen molar-refractivity contribution in [1.29, 1.82) is 0 Å². The molecule has 0 bridgehead atoms. The Morgan fingerprint density at radius 2 is 2.12 bits per heavy atom. The number of aliphatic hydroxyl groups excluding tert-OH is 1. The Kier molecular flexibility index (Phi) is 5.28. The lowest BCUT2D eigenvalue weighted by Crippen LogP contribution is -2.29. The van der Waals surface area contributed by atoms with Gasteiger partial charge in [-0.25, -0.2) is 0 Å². The van der Waals surface area contributed by atoms with Crippen molar-refractivity contribution >= 4 is 5.91 Å². The minimum Gasteiger partial charge on any atom is -0.387 e. The second-order valence-corrected chi connectivity index (χ2v) is 5.37. The number of amides is 1. The molecule has 8 heteroatoms. The van der Waals surface area contributed by atoms with Crippen LogP contribution in [0.4, 0.5) is 13.2 Å². The van der Waals surface area contributed by atoms with Crippen LogP contribution in [0.5, 0.6) is 0 Å². The molecule has 5 nitrogen and oxygen atoms in total. The molecular formula is C16H18F3N3O2. The van der Waals surface area contributed by atoms with Crippen molar-refractivity contribution < 1.29 is 23.1 Å². The standard InChI is InChI=1S/C16H18F3N3O2/c1-3-13-12(9-22(2)21-13)15(24)20-8-14(23)10-5-4-6-11(7-10)16(17,18)19/h4-7,9,14,23H,3,8H2,1-2H3,(H,20,24). The van der Waals surface area contributed by atoms with Crippen LogP contribution in [0.2, 0.25) is 0 Å². The molecule has 1 unspecified atom stereocenters. The quantitative estimate of drug-likeness (QED) is 0.878. The smallest absolute Gasteiger partial charge is 0.387 e. The van der Waals surface area contributed by atoms with Crippen LogP contribution in [0.1, 0.15) is 40.2 Å². The summed E-state index contributed by atoms with van der Waals surface area (Å²) in [5.74, 6) is -0.425. The van der Waals surface area contributed by atoms with Crippen LogP contribution in [0.3, 0.4) is 0 Å². The molecule has 1 atom stereocenters. The second kappa shape index (κ2) is 7.04. The van der Waals surface area contributed by atoms with Crippen LogP contribution in [0.15, 0.2) is 30.5 Å². The number of carbonyl (C=O) groups excluding carboxylic acids is 1. The van der Waals surface area contributed by atoms with Crippen molar-refractivity contribution in [1.82, 2.24) is 15.1 Å². The fourth-order valence-electron chi connectivity index (χ4n) is 2.31. The van der Waals surface area contributed by atoms with E-state index in [9.17, 15) is 23.1 Å². The lowest BCUT2D eigenvalue weighted by Gasteiger charge is -2.14. The number of hydrogen-bond acceptors (Lipinski definition) is 3. The molecule has 1 heterocycles. The van der Waals surface area contributed by atoms with E-state index in [1.54, 1.807) is 13.2 Å². The predicted molar refractivity (Wildman–Crippen MR) is 81.3 cm³/mol. The highest BCUT2D eigenvalue weighted by molar-refractivity contribution is 5.95. The number of alkyl halides is 3. The largest absolute Gasteiger partial charge is 0.416 e. The lowest BCUT2D eigenvalue weighted by molar-refractivity contribution is -0.137. The van der Waals surface area contributed by atoms with Gasteiger partial charge in [0, 0.05) is 19.8 Å². The number of halogens is 3. The van der Waals surface area contributed by atoms with Gasteiger partial charge in [-0.05, 0) is 24.1 Å². The lowest BCUT2D eigenvalue weighted by atomic mass is 10.1. The van der Waals surface area contributed by atoms with Crippen molar-refractivity contribution in [3.63, 3.8) is 0 Å². The van der Waals surface area contributed by atoms with E-state index < -0.39 is 23.8 Å². The molecule has 0 saturated carbocycles. The third-order valence-corrected chi connectivity index (χ3v) is 3.54. The number of rotatable bonds is 5. The Bertz CT molecular complexity index is 726. The molecule has 0 aliphatic rings. The van der Waals surface area contributed by atoms with E-state index in [1.807, 2.05) is 6.92 Å². The van der Waals surface area contributed by atoms with E-state index in [-0.39, 0.29) is 12.1 Å². The Hall–Kier alpha value is -2.35. The van der Waals surface area contributed by atoms with Crippen molar-refractivity contribution in [3.05, 3.63) is 52.8 Å². The molecule has 2 rings (SSSR count). The van der Waals surface area contributed by atoms with E-state index in [0.717, 1.165) is 12.1 Å². The summed E-state index contributed by atoms with van der Waals surface area (Å²) in [6, 6.07) is 4.41. The van der Waals surface area contributed by atoms with Gasteiger partial charge in [0.15, 0.2) is 0 Å². The van der Waals surface area contributed by atoms with Gasteiger partial charge >= 0.3 is 6.18 Å². The number of nitrogens with one attached hydrogen (secondary N) is 1. The monoisotopic (exact) mass is 341 g/mol. The fraction of sp³-hybridized carbons (Fsp3) is 0.375. The molecule has 1 aromatic carbocycles. The van der Waals surface area contributed by atoms with Gasteiger partial charge in [-0.1, -0.05) is 19.1 Å². The molecule has 2 aromatic rings. The first kappa shape index (κ1) is 18.0.